The fourth-order valence-electron chi connectivity index (χ4n) is 0.409. The van der Waals surface area contributed by atoms with Crippen LogP contribution in [0.3, 0.4) is 0 Å². The van der Waals surface area contributed by atoms with Gasteiger partial charge in [0.2, 0.25) is 0 Å². The Morgan fingerprint density at radius 3 is 1.29 bits per heavy atom. The van der Waals surface area contributed by atoms with E-state index in [0.717, 1.165) is 0 Å². The van der Waals surface area contributed by atoms with Gasteiger partial charge in [-0.05, 0) is 0 Å². The first kappa shape index (κ1) is 25.1. The SMILES string of the molecule is C.C.CC.C[B]C(C)(C)CC.c1ncncn1. The molecule has 0 amide bonds. The fourth-order valence-corrected chi connectivity index (χ4v) is 0.409. The lowest BCUT2D eigenvalue weighted by Crippen LogP contribution is -2.06. The van der Waals surface area contributed by atoms with Crippen molar-refractivity contribution in [3.63, 3.8) is 0 Å². The van der Waals surface area contributed by atoms with Gasteiger partial charge in [0.05, 0.1) is 0 Å². The summed E-state index contributed by atoms with van der Waals surface area (Å²) >= 11 is 0. The van der Waals surface area contributed by atoms with Gasteiger partial charge in [0.1, 0.15) is 26.3 Å². The second-order valence-electron chi connectivity index (χ2n) is 3.42. The molecule has 0 saturated heterocycles. The second kappa shape index (κ2) is 17.5. The van der Waals surface area contributed by atoms with Crippen molar-refractivity contribution in [2.45, 2.75) is 68.0 Å². The summed E-state index contributed by atoms with van der Waals surface area (Å²) < 4.78 is 0. The van der Waals surface area contributed by atoms with E-state index < -0.39 is 0 Å². The van der Waals surface area contributed by atoms with E-state index in [2.05, 4.69) is 49.8 Å². The van der Waals surface area contributed by atoms with E-state index in [4.69, 9.17) is 0 Å². The highest BCUT2D eigenvalue weighted by Crippen LogP contribution is 2.25. The maximum Gasteiger partial charge on any atom is 0.119 e. The van der Waals surface area contributed by atoms with Gasteiger partial charge in [0.15, 0.2) is 0 Å². The van der Waals surface area contributed by atoms with Crippen molar-refractivity contribution < 1.29 is 0 Å². The monoisotopic (exact) mass is 240 g/mol. The maximum atomic E-state index is 3.56. The molecule has 0 unspecified atom stereocenters. The molecule has 17 heavy (non-hydrogen) atoms. The number of aromatic nitrogens is 3. The predicted octanol–water partition coefficient (Wildman–Crippen LogP) is 4.52. The van der Waals surface area contributed by atoms with Crippen LogP contribution in [0.1, 0.15) is 55.9 Å². The molecule has 1 rings (SSSR count). The maximum absolute atomic E-state index is 3.56. The van der Waals surface area contributed by atoms with E-state index in [9.17, 15) is 0 Å². The van der Waals surface area contributed by atoms with Crippen molar-refractivity contribution in [3.8, 4) is 0 Å². The first-order valence-corrected chi connectivity index (χ1v) is 5.48. The lowest BCUT2D eigenvalue weighted by atomic mass is 9.55. The molecule has 0 atom stereocenters. The highest BCUT2D eigenvalue weighted by molar-refractivity contribution is 6.37. The largest absolute Gasteiger partial charge is 0.225 e. The predicted molar refractivity (Wildman–Crippen MR) is 80.6 cm³/mol. The lowest BCUT2D eigenvalue weighted by Gasteiger charge is -2.17. The van der Waals surface area contributed by atoms with Gasteiger partial charge in [0.25, 0.3) is 0 Å². The average molecular weight is 240 g/mol. The van der Waals surface area contributed by atoms with Crippen LogP contribution in [0.15, 0.2) is 19.0 Å². The summed E-state index contributed by atoms with van der Waals surface area (Å²) in [5, 5.41) is 0.458. The molecule has 0 bridgehead atoms. The third-order valence-corrected chi connectivity index (χ3v) is 2.09. The van der Waals surface area contributed by atoms with Crippen LogP contribution in [0, 0.1) is 0 Å². The molecule has 0 N–H and O–H groups in total. The molecule has 0 fully saturated rings. The minimum Gasteiger partial charge on any atom is -0.225 e. The molecule has 1 aromatic heterocycles. The Kier molecular flexibility index (Phi) is 25.7. The molecule has 1 radical (unpaired) electrons. The van der Waals surface area contributed by atoms with E-state index in [1.807, 2.05) is 13.8 Å². The van der Waals surface area contributed by atoms with Gasteiger partial charge in [-0.15, -0.1) is 0 Å². The highest BCUT2D eigenvalue weighted by Gasteiger charge is 2.10. The summed E-state index contributed by atoms with van der Waals surface area (Å²) in [6.07, 6.45) is 5.55. The van der Waals surface area contributed by atoms with Crippen molar-refractivity contribution >= 4 is 7.28 Å². The van der Waals surface area contributed by atoms with E-state index in [-0.39, 0.29) is 14.9 Å². The molecule has 0 aliphatic heterocycles. The highest BCUT2D eigenvalue weighted by atomic mass is 14.9. The van der Waals surface area contributed by atoms with Crippen molar-refractivity contribution in [2.75, 3.05) is 0 Å². The first-order chi connectivity index (χ1) is 7.12. The average Bonchev–Trinajstić information content (AvgIpc) is 2.35. The summed E-state index contributed by atoms with van der Waals surface area (Å²) in [4.78, 5) is 10.7. The molecule has 0 aliphatic carbocycles. The molecule has 0 aliphatic rings. The topological polar surface area (TPSA) is 38.7 Å². The van der Waals surface area contributed by atoms with Crippen LogP contribution in [0.4, 0.5) is 0 Å². The summed E-state index contributed by atoms with van der Waals surface area (Å²) in [7, 11) is 2.24. The number of hydrogen-bond acceptors (Lipinski definition) is 3. The Balaban J connectivity index is -0.0000000788. The minimum atomic E-state index is 0. The van der Waals surface area contributed by atoms with Gasteiger partial charge in [-0.1, -0.05) is 68.0 Å². The fraction of sp³-hybridized carbons (Fsp3) is 0.769. The zero-order valence-corrected chi connectivity index (χ0v) is 10.9. The Labute approximate surface area is 110 Å². The van der Waals surface area contributed by atoms with Crippen LogP contribution in [-0.2, 0) is 0 Å². The second-order valence-corrected chi connectivity index (χ2v) is 3.42. The van der Waals surface area contributed by atoms with Crippen LogP contribution in [0.5, 0.6) is 0 Å². The smallest absolute Gasteiger partial charge is 0.119 e. The van der Waals surface area contributed by atoms with Crippen molar-refractivity contribution in [2.24, 2.45) is 0 Å². The normalized spacial score (nSPS) is 7.88. The van der Waals surface area contributed by atoms with Crippen LogP contribution in [0.25, 0.3) is 0 Å². The van der Waals surface area contributed by atoms with Crippen LogP contribution >= 0.6 is 0 Å². The Morgan fingerprint density at radius 1 is 0.941 bits per heavy atom. The zero-order chi connectivity index (χ0) is 12.2. The van der Waals surface area contributed by atoms with Crippen molar-refractivity contribution in [3.05, 3.63) is 19.0 Å². The minimum absolute atomic E-state index is 0. The van der Waals surface area contributed by atoms with Gasteiger partial charge >= 0.3 is 0 Å². The van der Waals surface area contributed by atoms with Crippen LogP contribution in [-0.4, -0.2) is 22.2 Å². The molecular weight excluding hydrogens is 209 g/mol. The lowest BCUT2D eigenvalue weighted by molar-refractivity contribution is 0.645. The molecular formula is C13H31BN3. The quantitative estimate of drug-likeness (QED) is 0.713. The third kappa shape index (κ3) is 21.0. The van der Waals surface area contributed by atoms with Crippen molar-refractivity contribution in [1.82, 2.24) is 15.0 Å². The summed E-state index contributed by atoms with van der Waals surface area (Å²) in [6.45, 7) is 12.8. The van der Waals surface area contributed by atoms with E-state index in [1.54, 1.807) is 0 Å². The zero-order valence-electron chi connectivity index (χ0n) is 10.9. The number of nitrogens with zero attached hydrogens (tertiary/aromatic N) is 3. The van der Waals surface area contributed by atoms with Crippen LogP contribution < -0.4 is 0 Å². The van der Waals surface area contributed by atoms with E-state index in [0.29, 0.717) is 5.31 Å². The summed E-state index contributed by atoms with van der Waals surface area (Å²) in [6, 6.07) is 0. The number of hydrogen-bond donors (Lipinski definition) is 0. The van der Waals surface area contributed by atoms with Gasteiger partial charge in [-0.2, -0.15) is 0 Å². The molecule has 0 aromatic carbocycles. The van der Waals surface area contributed by atoms with Crippen LogP contribution in [0.2, 0.25) is 12.1 Å². The molecule has 3 nitrogen and oxygen atoms in total. The standard InChI is InChI=1S/C6H14B.C3H3N3.C2H6.2CH4/c1-5-6(2,3)7-4;1-4-2-6-3-5-1;1-2;;/h5H2,1-4H3;1-3H;1-2H3;2*1H4. The summed E-state index contributed by atoms with van der Waals surface area (Å²) in [5.41, 5.74) is 0. The van der Waals surface area contributed by atoms with E-state index in [1.165, 1.54) is 25.4 Å². The Bertz CT molecular complexity index is 170. The van der Waals surface area contributed by atoms with Gasteiger partial charge < -0.3 is 0 Å². The van der Waals surface area contributed by atoms with Gasteiger partial charge in [-0.3, -0.25) is 0 Å². The Morgan fingerprint density at radius 2 is 1.24 bits per heavy atom. The van der Waals surface area contributed by atoms with Gasteiger partial charge in [0, 0.05) is 0 Å². The molecule has 101 valence electrons. The summed E-state index contributed by atoms with van der Waals surface area (Å²) in [5.74, 6) is 0. The Hall–Kier alpha value is -0.925. The molecule has 0 spiro atoms. The molecule has 0 saturated carbocycles. The number of rotatable bonds is 2. The van der Waals surface area contributed by atoms with E-state index >= 15 is 0 Å². The van der Waals surface area contributed by atoms with Crippen molar-refractivity contribution in [1.29, 1.82) is 0 Å². The van der Waals surface area contributed by atoms with Gasteiger partial charge in [-0.25, -0.2) is 15.0 Å². The molecule has 1 aromatic rings. The third-order valence-electron chi connectivity index (χ3n) is 2.09. The molecule has 4 heteroatoms. The first-order valence-electron chi connectivity index (χ1n) is 5.48. The molecule has 1 heterocycles.